The highest BCUT2D eigenvalue weighted by atomic mass is 35.5. The van der Waals surface area contributed by atoms with Gasteiger partial charge in [-0.15, -0.1) is 0 Å². The van der Waals surface area contributed by atoms with Crippen molar-refractivity contribution >= 4 is 11.6 Å². The van der Waals surface area contributed by atoms with Gasteiger partial charge in [0.15, 0.2) is 11.6 Å². The molecule has 1 aliphatic heterocycles. The van der Waals surface area contributed by atoms with Gasteiger partial charge in [0.1, 0.15) is 24.4 Å². The van der Waals surface area contributed by atoms with Gasteiger partial charge >= 0.3 is 0 Å². The molecule has 1 fully saturated rings. The number of benzene rings is 2. The lowest BCUT2D eigenvalue weighted by Crippen LogP contribution is -2.20. The second-order valence-electron chi connectivity index (χ2n) is 5.63. The summed E-state index contributed by atoms with van der Waals surface area (Å²) in [5.41, 5.74) is 0.457. The summed E-state index contributed by atoms with van der Waals surface area (Å²) >= 11 is 6.26. The molecular formula is C17H12ClF2N3O. The van der Waals surface area contributed by atoms with E-state index in [1.165, 1.54) is 12.4 Å². The van der Waals surface area contributed by atoms with E-state index in [2.05, 4.69) is 10.1 Å². The van der Waals surface area contributed by atoms with Gasteiger partial charge in [0, 0.05) is 10.6 Å². The lowest BCUT2D eigenvalue weighted by molar-refractivity contribution is 0.261. The largest absolute Gasteiger partial charge is 0.354 e. The quantitative estimate of drug-likeness (QED) is 0.673. The van der Waals surface area contributed by atoms with Crippen molar-refractivity contribution in [2.24, 2.45) is 0 Å². The minimum atomic E-state index is -0.918. The Labute approximate surface area is 141 Å². The Bertz CT molecular complexity index is 887. The molecule has 3 aromatic rings. The van der Waals surface area contributed by atoms with Gasteiger partial charge in [0.05, 0.1) is 6.54 Å². The fourth-order valence-electron chi connectivity index (χ4n) is 2.92. The van der Waals surface area contributed by atoms with Crippen LogP contribution in [0.5, 0.6) is 0 Å². The number of rotatable bonds is 4. The first kappa shape index (κ1) is 15.2. The van der Waals surface area contributed by atoms with Gasteiger partial charge in [-0.1, -0.05) is 35.9 Å². The van der Waals surface area contributed by atoms with Crippen LogP contribution in [0.4, 0.5) is 8.78 Å². The van der Waals surface area contributed by atoms with Crippen LogP contribution in [-0.4, -0.2) is 14.8 Å². The molecule has 0 aliphatic carbocycles. The van der Waals surface area contributed by atoms with E-state index in [0.29, 0.717) is 17.1 Å². The van der Waals surface area contributed by atoms with Crippen molar-refractivity contribution in [2.45, 2.75) is 18.2 Å². The van der Waals surface area contributed by atoms with Crippen LogP contribution in [0, 0.1) is 11.6 Å². The van der Waals surface area contributed by atoms with Crippen LogP contribution in [0.3, 0.4) is 0 Å². The maximum absolute atomic E-state index is 13.7. The third kappa shape index (κ3) is 2.48. The van der Waals surface area contributed by atoms with E-state index in [4.69, 9.17) is 16.3 Å². The lowest BCUT2D eigenvalue weighted by Gasteiger charge is -2.14. The maximum Gasteiger partial charge on any atom is 0.159 e. The van der Waals surface area contributed by atoms with Crippen LogP contribution in [0.2, 0.25) is 5.02 Å². The molecule has 0 spiro atoms. The third-order valence-electron chi connectivity index (χ3n) is 4.15. The number of hydrogen-bond acceptors (Lipinski definition) is 3. The van der Waals surface area contributed by atoms with Crippen molar-refractivity contribution in [1.82, 2.24) is 14.8 Å². The molecule has 7 heteroatoms. The third-order valence-corrected chi connectivity index (χ3v) is 4.50. The number of ether oxygens (including phenoxy) is 1. The summed E-state index contributed by atoms with van der Waals surface area (Å²) in [6.45, 7) is 0.313. The summed E-state index contributed by atoms with van der Waals surface area (Å²) in [6, 6.07) is 11.1. The molecule has 2 heterocycles. The van der Waals surface area contributed by atoms with Gasteiger partial charge in [-0.25, -0.2) is 18.4 Å². The normalized spacial score (nSPS) is 22.5. The van der Waals surface area contributed by atoms with E-state index in [1.807, 2.05) is 18.2 Å². The average Bonchev–Trinajstić information content (AvgIpc) is 3.04. The van der Waals surface area contributed by atoms with Gasteiger partial charge in [0.2, 0.25) is 0 Å². The highest BCUT2D eigenvalue weighted by Gasteiger charge is 2.59. The molecule has 0 N–H and O–H groups in total. The molecular weight excluding hydrogens is 336 g/mol. The van der Waals surface area contributed by atoms with Crippen LogP contribution in [0.1, 0.15) is 17.2 Å². The molecule has 1 saturated heterocycles. The molecule has 4 nitrogen and oxygen atoms in total. The first-order valence-electron chi connectivity index (χ1n) is 7.30. The maximum atomic E-state index is 13.7. The predicted molar refractivity (Wildman–Crippen MR) is 83.3 cm³/mol. The Morgan fingerprint density at radius 1 is 1.17 bits per heavy atom. The van der Waals surface area contributed by atoms with E-state index in [-0.39, 0.29) is 6.10 Å². The fourth-order valence-corrected chi connectivity index (χ4v) is 3.16. The monoisotopic (exact) mass is 347 g/mol. The van der Waals surface area contributed by atoms with Crippen molar-refractivity contribution in [3.63, 3.8) is 0 Å². The summed E-state index contributed by atoms with van der Waals surface area (Å²) in [6.07, 6.45) is 2.58. The second kappa shape index (κ2) is 5.65. The first-order chi connectivity index (χ1) is 11.6. The Morgan fingerprint density at radius 3 is 2.71 bits per heavy atom. The van der Waals surface area contributed by atoms with Crippen molar-refractivity contribution in [1.29, 1.82) is 0 Å². The van der Waals surface area contributed by atoms with Crippen molar-refractivity contribution in [3.05, 3.63) is 82.9 Å². The van der Waals surface area contributed by atoms with Crippen molar-refractivity contribution in [2.75, 3.05) is 0 Å². The Balaban J connectivity index is 1.77. The van der Waals surface area contributed by atoms with Gasteiger partial charge in [0.25, 0.3) is 0 Å². The topological polar surface area (TPSA) is 43.2 Å². The molecule has 0 unspecified atom stereocenters. The molecule has 0 radical (unpaired) electrons. The smallest absolute Gasteiger partial charge is 0.159 e. The Morgan fingerprint density at radius 2 is 2.00 bits per heavy atom. The molecule has 1 aliphatic rings. The number of epoxide rings is 1. The molecule has 1 aromatic heterocycles. The van der Waals surface area contributed by atoms with Crippen LogP contribution in [-0.2, 0) is 16.9 Å². The van der Waals surface area contributed by atoms with E-state index in [1.54, 1.807) is 17.1 Å². The van der Waals surface area contributed by atoms with Gasteiger partial charge in [-0.05, 0) is 23.8 Å². The molecule has 4 rings (SSSR count). The summed E-state index contributed by atoms with van der Waals surface area (Å²) in [5, 5.41) is 4.64. The molecule has 24 heavy (non-hydrogen) atoms. The van der Waals surface area contributed by atoms with Gasteiger partial charge in [-0.3, -0.25) is 0 Å². The summed E-state index contributed by atoms with van der Waals surface area (Å²) < 4.78 is 34.6. The zero-order valence-corrected chi connectivity index (χ0v) is 13.1. The Hall–Kier alpha value is -2.31. The molecule has 2 aromatic carbocycles. The molecule has 0 amide bonds. The zero-order valence-electron chi connectivity index (χ0n) is 12.4. The van der Waals surface area contributed by atoms with Crippen LogP contribution in [0.25, 0.3) is 0 Å². The second-order valence-corrected chi connectivity index (χ2v) is 6.04. The average molecular weight is 348 g/mol. The van der Waals surface area contributed by atoms with E-state index >= 15 is 0 Å². The van der Waals surface area contributed by atoms with E-state index in [9.17, 15) is 8.78 Å². The minimum absolute atomic E-state index is 0.313. The summed E-state index contributed by atoms with van der Waals surface area (Å²) in [7, 11) is 0. The van der Waals surface area contributed by atoms with Crippen LogP contribution in [0.15, 0.2) is 55.1 Å². The number of nitrogens with zero attached hydrogens (tertiary/aromatic N) is 3. The molecule has 2 atom stereocenters. The predicted octanol–water partition coefficient (Wildman–Crippen LogP) is 3.88. The fraction of sp³-hybridized carbons (Fsp3) is 0.176. The molecule has 0 saturated carbocycles. The summed E-state index contributed by atoms with van der Waals surface area (Å²) in [4.78, 5) is 3.91. The van der Waals surface area contributed by atoms with Crippen LogP contribution >= 0.6 is 11.6 Å². The van der Waals surface area contributed by atoms with Crippen molar-refractivity contribution < 1.29 is 13.5 Å². The van der Waals surface area contributed by atoms with Crippen LogP contribution < -0.4 is 0 Å². The zero-order chi connectivity index (χ0) is 16.7. The molecule has 0 bridgehead atoms. The highest BCUT2D eigenvalue weighted by molar-refractivity contribution is 6.31. The van der Waals surface area contributed by atoms with E-state index in [0.717, 1.165) is 17.7 Å². The lowest BCUT2D eigenvalue weighted by atomic mass is 9.91. The van der Waals surface area contributed by atoms with Gasteiger partial charge < -0.3 is 4.74 Å². The number of aromatic nitrogens is 3. The first-order valence-corrected chi connectivity index (χ1v) is 7.68. The number of halogens is 3. The van der Waals surface area contributed by atoms with Gasteiger partial charge in [-0.2, -0.15) is 5.10 Å². The highest BCUT2D eigenvalue weighted by Crippen LogP contribution is 2.59. The summed E-state index contributed by atoms with van der Waals surface area (Å²) in [5.74, 6) is -1.82. The standard InChI is InChI=1S/C17H12ClF2N3O/c18-13-4-2-1-3-12(13)16-17(24-16,8-23-10-21-9-22-23)11-5-6-14(19)15(20)7-11/h1-7,9-10,16H,8H2/t16-,17-/m0/s1. The SMILES string of the molecule is Fc1ccc([C@]2(Cn3cncn3)O[C@H]2c2ccccc2Cl)cc1F. The molecule has 122 valence electrons. The van der Waals surface area contributed by atoms with Crippen molar-refractivity contribution in [3.8, 4) is 0 Å². The van der Waals surface area contributed by atoms with E-state index < -0.39 is 17.2 Å². The minimum Gasteiger partial charge on any atom is -0.354 e. The number of hydrogen-bond donors (Lipinski definition) is 0. The Kier molecular flexibility index (Phi) is 3.58.